The number of furan rings is 1. The van der Waals surface area contributed by atoms with Gasteiger partial charge in [-0.2, -0.15) is 0 Å². The molecule has 106 valence electrons. The highest BCUT2D eigenvalue weighted by molar-refractivity contribution is 6.31. The number of rotatable bonds is 4. The summed E-state index contributed by atoms with van der Waals surface area (Å²) in [5.74, 6) is 0.367. The third kappa shape index (κ3) is 2.96. The SMILES string of the molecule is COC(=O)c1ccc(C(C)Nc2cccc(Cl)c2C)o1. The van der Waals surface area contributed by atoms with Crippen molar-refractivity contribution in [1.82, 2.24) is 0 Å². The molecule has 2 aromatic rings. The van der Waals surface area contributed by atoms with Gasteiger partial charge in [0.2, 0.25) is 5.76 Å². The summed E-state index contributed by atoms with van der Waals surface area (Å²) in [7, 11) is 1.32. The van der Waals surface area contributed by atoms with E-state index in [1.807, 2.05) is 32.0 Å². The van der Waals surface area contributed by atoms with Gasteiger partial charge in [-0.3, -0.25) is 0 Å². The Morgan fingerprint density at radius 1 is 1.35 bits per heavy atom. The number of ether oxygens (including phenoxy) is 1. The summed E-state index contributed by atoms with van der Waals surface area (Å²) in [5.41, 5.74) is 1.90. The highest BCUT2D eigenvalue weighted by Gasteiger charge is 2.16. The number of hydrogen-bond acceptors (Lipinski definition) is 4. The van der Waals surface area contributed by atoms with E-state index in [4.69, 9.17) is 16.0 Å². The van der Waals surface area contributed by atoms with Crippen LogP contribution in [0, 0.1) is 6.92 Å². The number of carbonyl (C=O) groups excluding carboxylic acids is 1. The van der Waals surface area contributed by atoms with Crippen molar-refractivity contribution in [3.05, 3.63) is 52.4 Å². The van der Waals surface area contributed by atoms with E-state index in [-0.39, 0.29) is 11.8 Å². The van der Waals surface area contributed by atoms with E-state index in [0.717, 1.165) is 11.3 Å². The molecule has 0 bridgehead atoms. The zero-order valence-corrected chi connectivity index (χ0v) is 12.3. The molecule has 5 heteroatoms. The minimum Gasteiger partial charge on any atom is -0.463 e. The Kier molecular flexibility index (Phi) is 4.35. The standard InChI is InChI=1S/C15H16ClNO3/c1-9-11(16)5-4-6-12(9)17-10(2)13-7-8-14(20-13)15(18)19-3/h4-8,10,17H,1-3H3. The van der Waals surface area contributed by atoms with Crippen LogP contribution in [-0.4, -0.2) is 13.1 Å². The summed E-state index contributed by atoms with van der Waals surface area (Å²) in [4.78, 5) is 11.4. The molecule has 4 nitrogen and oxygen atoms in total. The van der Waals surface area contributed by atoms with Crippen molar-refractivity contribution in [1.29, 1.82) is 0 Å². The quantitative estimate of drug-likeness (QED) is 0.858. The third-order valence-corrected chi connectivity index (χ3v) is 3.49. The molecule has 0 aliphatic heterocycles. The predicted octanol–water partition coefficient (Wildman–Crippen LogP) is 4.20. The third-order valence-electron chi connectivity index (χ3n) is 3.08. The van der Waals surface area contributed by atoms with E-state index in [1.165, 1.54) is 7.11 Å². The van der Waals surface area contributed by atoms with Gasteiger partial charge >= 0.3 is 5.97 Å². The first-order valence-corrected chi connectivity index (χ1v) is 6.60. The molecular weight excluding hydrogens is 278 g/mol. The summed E-state index contributed by atoms with van der Waals surface area (Å²) < 4.78 is 10.1. The lowest BCUT2D eigenvalue weighted by molar-refractivity contribution is 0.0562. The van der Waals surface area contributed by atoms with Gasteiger partial charge in [0.05, 0.1) is 13.2 Å². The average Bonchev–Trinajstić information content (AvgIpc) is 2.93. The van der Waals surface area contributed by atoms with E-state index in [1.54, 1.807) is 12.1 Å². The van der Waals surface area contributed by atoms with Gasteiger partial charge in [-0.25, -0.2) is 4.79 Å². The smallest absolute Gasteiger partial charge is 0.373 e. The fourth-order valence-electron chi connectivity index (χ4n) is 1.86. The van der Waals surface area contributed by atoms with Crippen LogP contribution in [0.2, 0.25) is 5.02 Å². The molecule has 1 unspecified atom stereocenters. The molecular formula is C15H16ClNO3. The van der Waals surface area contributed by atoms with Crippen molar-refractivity contribution in [2.24, 2.45) is 0 Å². The minimum absolute atomic E-state index is 0.0921. The molecule has 2 rings (SSSR count). The molecule has 1 N–H and O–H groups in total. The zero-order chi connectivity index (χ0) is 14.7. The topological polar surface area (TPSA) is 51.5 Å². The Morgan fingerprint density at radius 2 is 2.10 bits per heavy atom. The van der Waals surface area contributed by atoms with Crippen molar-refractivity contribution < 1.29 is 13.9 Å². The number of halogens is 1. The molecule has 0 saturated carbocycles. The summed E-state index contributed by atoms with van der Waals surface area (Å²) in [6.07, 6.45) is 0. The maximum atomic E-state index is 11.4. The lowest BCUT2D eigenvalue weighted by atomic mass is 10.1. The second-order valence-corrected chi connectivity index (χ2v) is 4.88. The molecule has 1 heterocycles. The van der Waals surface area contributed by atoms with Crippen molar-refractivity contribution in [2.45, 2.75) is 19.9 Å². The Bertz CT molecular complexity index is 621. The molecule has 0 spiro atoms. The summed E-state index contributed by atoms with van der Waals surface area (Å²) in [6.45, 7) is 3.89. The van der Waals surface area contributed by atoms with Gasteiger partial charge in [0.1, 0.15) is 5.76 Å². The second kappa shape index (κ2) is 6.01. The Balaban J connectivity index is 2.16. The molecule has 1 aromatic heterocycles. The number of anilines is 1. The fourth-order valence-corrected chi connectivity index (χ4v) is 2.04. The van der Waals surface area contributed by atoms with E-state index >= 15 is 0 Å². The van der Waals surface area contributed by atoms with E-state index in [0.29, 0.717) is 10.8 Å². The van der Waals surface area contributed by atoms with Crippen LogP contribution in [0.4, 0.5) is 5.69 Å². The number of carbonyl (C=O) groups is 1. The normalized spacial score (nSPS) is 12.0. The van der Waals surface area contributed by atoms with Crippen LogP contribution in [-0.2, 0) is 4.74 Å². The van der Waals surface area contributed by atoms with Gasteiger partial charge in [0.25, 0.3) is 0 Å². The molecule has 0 aliphatic carbocycles. The number of methoxy groups -OCH3 is 1. The van der Waals surface area contributed by atoms with Crippen LogP contribution in [0.1, 0.15) is 34.8 Å². The first-order valence-electron chi connectivity index (χ1n) is 6.22. The largest absolute Gasteiger partial charge is 0.463 e. The van der Waals surface area contributed by atoms with Gasteiger partial charge in [-0.1, -0.05) is 17.7 Å². The maximum Gasteiger partial charge on any atom is 0.373 e. The van der Waals surface area contributed by atoms with Crippen LogP contribution in [0.5, 0.6) is 0 Å². The lowest BCUT2D eigenvalue weighted by Crippen LogP contribution is -2.07. The summed E-state index contributed by atoms with van der Waals surface area (Å²) >= 11 is 6.08. The molecule has 0 fully saturated rings. The van der Waals surface area contributed by atoms with E-state index in [2.05, 4.69) is 10.1 Å². The Hall–Kier alpha value is -1.94. The van der Waals surface area contributed by atoms with Gasteiger partial charge in [0, 0.05) is 10.7 Å². The highest BCUT2D eigenvalue weighted by Crippen LogP contribution is 2.27. The number of benzene rings is 1. The average molecular weight is 294 g/mol. The Morgan fingerprint density at radius 3 is 2.80 bits per heavy atom. The first kappa shape index (κ1) is 14.5. The maximum absolute atomic E-state index is 11.4. The highest BCUT2D eigenvalue weighted by atomic mass is 35.5. The molecule has 0 aliphatic rings. The Labute approximate surface area is 122 Å². The van der Waals surface area contributed by atoms with Crippen molar-refractivity contribution in [2.75, 3.05) is 12.4 Å². The minimum atomic E-state index is -0.484. The first-order chi connectivity index (χ1) is 9.52. The van der Waals surface area contributed by atoms with Gasteiger partial charge < -0.3 is 14.5 Å². The van der Waals surface area contributed by atoms with Gasteiger partial charge in [0.15, 0.2) is 0 Å². The van der Waals surface area contributed by atoms with Crippen LogP contribution in [0.15, 0.2) is 34.7 Å². The molecule has 0 amide bonds. The summed E-state index contributed by atoms with van der Waals surface area (Å²) in [6, 6.07) is 8.93. The number of nitrogens with one attached hydrogen (secondary N) is 1. The fraction of sp³-hybridized carbons (Fsp3) is 0.267. The van der Waals surface area contributed by atoms with Crippen molar-refractivity contribution in [3.63, 3.8) is 0 Å². The van der Waals surface area contributed by atoms with E-state index < -0.39 is 5.97 Å². The molecule has 1 atom stereocenters. The van der Waals surface area contributed by atoms with E-state index in [9.17, 15) is 4.79 Å². The zero-order valence-electron chi connectivity index (χ0n) is 11.6. The van der Waals surface area contributed by atoms with Crippen LogP contribution in [0.3, 0.4) is 0 Å². The molecule has 0 saturated heterocycles. The number of esters is 1. The summed E-state index contributed by atoms with van der Waals surface area (Å²) in [5, 5.41) is 4.01. The lowest BCUT2D eigenvalue weighted by Gasteiger charge is -2.15. The molecule has 1 aromatic carbocycles. The van der Waals surface area contributed by atoms with Crippen LogP contribution in [0.25, 0.3) is 0 Å². The number of hydrogen-bond donors (Lipinski definition) is 1. The molecule has 0 radical (unpaired) electrons. The predicted molar refractivity (Wildman–Crippen MR) is 78.3 cm³/mol. The van der Waals surface area contributed by atoms with Gasteiger partial charge in [-0.05, 0) is 43.7 Å². The second-order valence-electron chi connectivity index (χ2n) is 4.47. The van der Waals surface area contributed by atoms with Crippen LogP contribution >= 0.6 is 11.6 Å². The monoisotopic (exact) mass is 293 g/mol. The van der Waals surface area contributed by atoms with Crippen LogP contribution < -0.4 is 5.32 Å². The van der Waals surface area contributed by atoms with Crippen molar-refractivity contribution >= 4 is 23.3 Å². The van der Waals surface area contributed by atoms with Crippen molar-refractivity contribution in [3.8, 4) is 0 Å². The van der Waals surface area contributed by atoms with Gasteiger partial charge in [-0.15, -0.1) is 0 Å². The molecule has 20 heavy (non-hydrogen) atoms.